The highest BCUT2D eigenvalue weighted by molar-refractivity contribution is 5.74. The molecule has 1 unspecified atom stereocenters. The van der Waals surface area contributed by atoms with Crippen molar-refractivity contribution in [2.75, 3.05) is 23.8 Å². The van der Waals surface area contributed by atoms with Crippen molar-refractivity contribution in [1.29, 1.82) is 0 Å². The molecular formula is C14H24N2O. The van der Waals surface area contributed by atoms with Gasteiger partial charge in [-0.15, -0.1) is 0 Å². The number of rotatable bonds is 6. The molecule has 1 rings (SSSR count). The Morgan fingerprint density at radius 2 is 2.00 bits per heavy atom. The Morgan fingerprint density at radius 3 is 2.53 bits per heavy atom. The average Bonchev–Trinajstić information content (AvgIpc) is 2.34. The molecule has 0 aliphatic heterocycles. The van der Waals surface area contributed by atoms with Crippen molar-refractivity contribution < 1.29 is 4.74 Å². The zero-order chi connectivity index (χ0) is 12.8. The lowest BCUT2D eigenvalue weighted by Crippen LogP contribution is -2.32. The molecule has 0 saturated heterocycles. The van der Waals surface area contributed by atoms with Gasteiger partial charge < -0.3 is 15.4 Å². The third-order valence-electron chi connectivity index (χ3n) is 3.12. The van der Waals surface area contributed by atoms with Crippen LogP contribution in [0.4, 0.5) is 11.4 Å². The first-order chi connectivity index (χ1) is 8.15. The molecule has 1 aromatic rings. The van der Waals surface area contributed by atoms with Gasteiger partial charge in [0.25, 0.3) is 0 Å². The fraction of sp³-hybridized carbons (Fsp3) is 0.571. The van der Waals surface area contributed by atoms with Crippen LogP contribution in [0.2, 0.25) is 0 Å². The number of hydrogen-bond acceptors (Lipinski definition) is 3. The first-order valence-electron chi connectivity index (χ1n) is 6.43. The fourth-order valence-corrected chi connectivity index (χ4v) is 2.00. The lowest BCUT2D eigenvalue weighted by atomic mass is 10.1. The molecule has 0 spiro atoms. The Bertz CT molecular complexity index is 352. The number of nitrogens with zero attached hydrogens (tertiary/aromatic N) is 1. The summed E-state index contributed by atoms with van der Waals surface area (Å²) in [7, 11) is 0. The average molecular weight is 236 g/mol. The van der Waals surface area contributed by atoms with E-state index in [0.29, 0.717) is 12.6 Å². The Hall–Kier alpha value is -1.38. The molecule has 1 atom stereocenters. The van der Waals surface area contributed by atoms with Gasteiger partial charge in [0.05, 0.1) is 18.0 Å². The van der Waals surface area contributed by atoms with E-state index in [2.05, 4.69) is 31.7 Å². The SMILES string of the molecule is CCOc1cccc(N(CC)C(C)CC)c1N. The minimum Gasteiger partial charge on any atom is -0.492 e. The Balaban J connectivity index is 3.07. The van der Waals surface area contributed by atoms with Crippen molar-refractivity contribution in [3.05, 3.63) is 18.2 Å². The molecule has 2 N–H and O–H groups in total. The highest BCUT2D eigenvalue weighted by Crippen LogP contribution is 2.33. The second kappa shape index (κ2) is 6.38. The van der Waals surface area contributed by atoms with Gasteiger partial charge in [-0.2, -0.15) is 0 Å². The maximum absolute atomic E-state index is 6.17. The summed E-state index contributed by atoms with van der Waals surface area (Å²) >= 11 is 0. The number of anilines is 2. The normalized spacial score (nSPS) is 12.2. The van der Waals surface area contributed by atoms with Crippen molar-refractivity contribution in [3.8, 4) is 5.75 Å². The minimum absolute atomic E-state index is 0.485. The predicted octanol–water partition coefficient (Wildman–Crippen LogP) is 3.29. The predicted molar refractivity (Wildman–Crippen MR) is 74.8 cm³/mol. The van der Waals surface area contributed by atoms with Crippen molar-refractivity contribution in [3.63, 3.8) is 0 Å². The van der Waals surface area contributed by atoms with E-state index >= 15 is 0 Å². The molecule has 17 heavy (non-hydrogen) atoms. The second-order valence-corrected chi connectivity index (χ2v) is 4.17. The van der Waals surface area contributed by atoms with Gasteiger partial charge in [-0.25, -0.2) is 0 Å². The summed E-state index contributed by atoms with van der Waals surface area (Å²) in [6.45, 7) is 10.1. The van der Waals surface area contributed by atoms with E-state index < -0.39 is 0 Å². The molecule has 0 fully saturated rings. The van der Waals surface area contributed by atoms with E-state index in [9.17, 15) is 0 Å². The van der Waals surface area contributed by atoms with Gasteiger partial charge in [-0.3, -0.25) is 0 Å². The van der Waals surface area contributed by atoms with E-state index in [0.717, 1.165) is 30.1 Å². The topological polar surface area (TPSA) is 38.5 Å². The standard InChI is InChI=1S/C14H24N2O/c1-5-11(4)16(6-2)12-9-8-10-13(14(12)15)17-7-3/h8-11H,5-7,15H2,1-4H3. The van der Waals surface area contributed by atoms with E-state index in [1.165, 1.54) is 0 Å². The summed E-state index contributed by atoms with van der Waals surface area (Å²) in [4.78, 5) is 2.32. The van der Waals surface area contributed by atoms with Crippen LogP contribution in [0.1, 0.15) is 34.1 Å². The van der Waals surface area contributed by atoms with Crippen LogP contribution in [0.25, 0.3) is 0 Å². The summed E-state index contributed by atoms with van der Waals surface area (Å²) in [5.41, 5.74) is 8.00. The second-order valence-electron chi connectivity index (χ2n) is 4.17. The van der Waals surface area contributed by atoms with Gasteiger partial charge in [0.1, 0.15) is 5.75 Å². The quantitative estimate of drug-likeness (QED) is 0.770. The van der Waals surface area contributed by atoms with Gasteiger partial charge >= 0.3 is 0 Å². The maximum atomic E-state index is 6.17. The zero-order valence-electron chi connectivity index (χ0n) is 11.4. The number of nitrogens with two attached hydrogens (primary N) is 1. The Kier molecular flexibility index (Phi) is 5.13. The summed E-state index contributed by atoms with van der Waals surface area (Å²) < 4.78 is 5.53. The van der Waals surface area contributed by atoms with Gasteiger partial charge in [-0.1, -0.05) is 13.0 Å². The van der Waals surface area contributed by atoms with E-state index in [-0.39, 0.29) is 0 Å². The van der Waals surface area contributed by atoms with Crippen LogP contribution in [0.5, 0.6) is 5.75 Å². The molecule has 3 nitrogen and oxygen atoms in total. The lowest BCUT2D eigenvalue weighted by Gasteiger charge is -2.31. The molecule has 0 saturated carbocycles. The zero-order valence-corrected chi connectivity index (χ0v) is 11.4. The highest BCUT2D eigenvalue weighted by atomic mass is 16.5. The third kappa shape index (κ3) is 3.05. The molecule has 3 heteroatoms. The lowest BCUT2D eigenvalue weighted by molar-refractivity contribution is 0.342. The molecule has 0 amide bonds. The maximum Gasteiger partial charge on any atom is 0.144 e. The largest absolute Gasteiger partial charge is 0.492 e. The van der Waals surface area contributed by atoms with Crippen LogP contribution in [0, 0.1) is 0 Å². The van der Waals surface area contributed by atoms with Crippen molar-refractivity contribution in [2.24, 2.45) is 0 Å². The van der Waals surface area contributed by atoms with Crippen molar-refractivity contribution in [1.82, 2.24) is 0 Å². The number of benzene rings is 1. The smallest absolute Gasteiger partial charge is 0.144 e. The molecule has 0 aliphatic rings. The summed E-state index contributed by atoms with van der Waals surface area (Å²) in [6.07, 6.45) is 1.10. The van der Waals surface area contributed by atoms with Crippen LogP contribution in [0.15, 0.2) is 18.2 Å². The number of para-hydroxylation sites is 1. The number of ether oxygens (including phenoxy) is 1. The molecule has 0 bridgehead atoms. The van der Waals surface area contributed by atoms with Gasteiger partial charge in [-0.05, 0) is 39.3 Å². The van der Waals surface area contributed by atoms with Crippen molar-refractivity contribution in [2.45, 2.75) is 40.2 Å². The number of nitrogen functional groups attached to an aromatic ring is 1. The van der Waals surface area contributed by atoms with E-state index in [1.807, 2.05) is 19.1 Å². The van der Waals surface area contributed by atoms with Crippen molar-refractivity contribution >= 4 is 11.4 Å². The van der Waals surface area contributed by atoms with Crippen LogP contribution in [-0.4, -0.2) is 19.2 Å². The molecule has 1 aromatic carbocycles. The van der Waals surface area contributed by atoms with Crippen LogP contribution < -0.4 is 15.4 Å². The molecular weight excluding hydrogens is 212 g/mol. The molecule has 0 aromatic heterocycles. The Labute approximate surface area is 105 Å². The number of hydrogen-bond donors (Lipinski definition) is 1. The first-order valence-corrected chi connectivity index (χ1v) is 6.43. The first kappa shape index (κ1) is 13.7. The van der Waals surface area contributed by atoms with Gasteiger partial charge in [0.15, 0.2) is 0 Å². The van der Waals surface area contributed by atoms with Crippen LogP contribution >= 0.6 is 0 Å². The van der Waals surface area contributed by atoms with Crippen LogP contribution in [-0.2, 0) is 0 Å². The third-order valence-corrected chi connectivity index (χ3v) is 3.12. The molecule has 0 heterocycles. The van der Waals surface area contributed by atoms with E-state index in [4.69, 9.17) is 10.5 Å². The molecule has 0 radical (unpaired) electrons. The van der Waals surface area contributed by atoms with Gasteiger partial charge in [0, 0.05) is 12.6 Å². The summed E-state index contributed by atoms with van der Waals surface area (Å²) in [5.74, 6) is 0.784. The fourth-order valence-electron chi connectivity index (χ4n) is 2.00. The van der Waals surface area contributed by atoms with Crippen LogP contribution in [0.3, 0.4) is 0 Å². The Morgan fingerprint density at radius 1 is 1.29 bits per heavy atom. The summed E-state index contributed by atoms with van der Waals surface area (Å²) in [5, 5.41) is 0. The highest BCUT2D eigenvalue weighted by Gasteiger charge is 2.15. The summed E-state index contributed by atoms with van der Waals surface area (Å²) in [6, 6.07) is 6.47. The molecule has 96 valence electrons. The molecule has 0 aliphatic carbocycles. The van der Waals surface area contributed by atoms with E-state index in [1.54, 1.807) is 0 Å². The minimum atomic E-state index is 0.485. The monoisotopic (exact) mass is 236 g/mol. The van der Waals surface area contributed by atoms with Gasteiger partial charge in [0.2, 0.25) is 0 Å².